The number of aliphatic carboxylic acids is 1. The van der Waals surface area contributed by atoms with Gasteiger partial charge in [-0.1, -0.05) is 24.3 Å². The lowest BCUT2D eigenvalue weighted by Gasteiger charge is -2.39. The molecule has 0 unspecified atom stereocenters. The molecule has 1 aliphatic heterocycles. The Morgan fingerprint density at radius 1 is 1.12 bits per heavy atom. The summed E-state index contributed by atoms with van der Waals surface area (Å²) in [6, 6.07) is 13.0. The number of benzene rings is 2. The highest BCUT2D eigenvalue weighted by molar-refractivity contribution is 5.94. The van der Waals surface area contributed by atoms with Crippen LogP contribution in [0.2, 0.25) is 0 Å². The van der Waals surface area contributed by atoms with Gasteiger partial charge in [0.2, 0.25) is 5.60 Å². The summed E-state index contributed by atoms with van der Waals surface area (Å²) in [6.45, 7) is 2.27. The van der Waals surface area contributed by atoms with Gasteiger partial charge >= 0.3 is 5.97 Å². The van der Waals surface area contributed by atoms with Crippen molar-refractivity contribution in [3.63, 3.8) is 0 Å². The molecule has 0 aliphatic carbocycles. The van der Waals surface area contributed by atoms with Crippen molar-refractivity contribution in [1.29, 1.82) is 0 Å². The molecule has 1 heterocycles. The lowest BCUT2D eigenvalue weighted by Crippen LogP contribution is -2.54. The Morgan fingerprint density at radius 3 is 2.42 bits per heavy atom. The van der Waals surface area contributed by atoms with Crippen LogP contribution in [0.4, 0.5) is 4.39 Å². The molecule has 6 heteroatoms. The summed E-state index contributed by atoms with van der Waals surface area (Å²) in [5, 5.41) is 9.72. The lowest BCUT2D eigenvalue weighted by molar-refractivity contribution is -0.159. The topological polar surface area (TPSA) is 66.8 Å². The molecule has 136 valence electrons. The summed E-state index contributed by atoms with van der Waals surface area (Å²) in [4.78, 5) is 25.9. The number of halogens is 1. The molecule has 0 atom stereocenters. The van der Waals surface area contributed by atoms with Gasteiger partial charge in [0.25, 0.3) is 5.91 Å². The second-order valence-electron chi connectivity index (χ2n) is 6.49. The Labute approximate surface area is 151 Å². The number of carbonyl (C=O) groups is 2. The van der Waals surface area contributed by atoms with Crippen molar-refractivity contribution in [2.45, 2.75) is 25.4 Å². The van der Waals surface area contributed by atoms with Crippen molar-refractivity contribution in [2.75, 3.05) is 13.1 Å². The zero-order chi connectivity index (χ0) is 18.7. The monoisotopic (exact) mass is 357 g/mol. The second-order valence-corrected chi connectivity index (χ2v) is 6.49. The largest absolute Gasteiger partial charge is 0.478 e. The first kappa shape index (κ1) is 17.9. The fraction of sp³-hybridized carbons (Fsp3) is 0.300. The maximum absolute atomic E-state index is 13.8. The van der Waals surface area contributed by atoms with Crippen molar-refractivity contribution < 1.29 is 23.8 Å². The van der Waals surface area contributed by atoms with Gasteiger partial charge < -0.3 is 14.7 Å². The van der Waals surface area contributed by atoms with Crippen LogP contribution in [-0.2, 0) is 4.79 Å². The van der Waals surface area contributed by atoms with E-state index in [1.807, 2.05) is 13.0 Å². The molecule has 26 heavy (non-hydrogen) atoms. The molecule has 1 amide bonds. The van der Waals surface area contributed by atoms with Gasteiger partial charge in [-0.25, -0.2) is 9.18 Å². The first-order valence-corrected chi connectivity index (χ1v) is 8.44. The summed E-state index contributed by atoms with van der Waals surface area (Å²) in [6.07, 6.45) is 0.271. The van der Waals surface area contributed by atoms with E-state index in [4.69, 9.17) is 4.74 Å². The molecule has 1 saturated heterocycles. The predicted molar refractivity (Wildman–Crippen MR) is 93.7 cm³/mol. The molecule has 0 aromatic heterocycles. The number of carboxylic acids is 1. The van der Waals surface area contributed by atoms with Gasteiger partial charge in [0.1, 0.15) is 11.6 Å². The highest BCUT2D eigenvalue weighted by Crippen LogP contribution is 2.30. The van der Waals surface area contributed by atoms with Gasteiger partial charge in [0.05, 0.1) is 5.56 Å². The molecule has 1 fully saturated rings. The molecule has 0 radical (unpaired) electrons. The summed E-state index contributed by atoms with van der Waals surface area (Å²) in [7, 11) is 0. The van der Waals surface area contributed by atoms with Crippen LogP contribution in [0.3, 0.4) is 0 Å². The highest BCUT2D eigenvalue weighted by Gasteiger charge is 2.45. The fourth-order valence-corrected chi connectivity index (χ4v) is 3.14. The Kier molecular flexibility index (Phi) is 4.93. The predicted octanol–water partition coefficient (Wildman–Crippen LogP) is 3.27. The Bertz CT molecular complexity index is 828. The van der Waals surface area contributed by atoms with Crippen molar-refractivity contribution in [1.82, 2.24) is 4.90 Å². The standard InChI is InChI=1S/C20H20FNO4/c1-14-5-4-6-15(13-14)26-20(19(24)25)9-11-22(12-10-20)18(23)16-7-2-3-8-17(16)21/h2-8,13H,9-12H2,1H3,(H,24,25). The van der Waals surface area contributed by atoms with E-state index in [1.54, 1.807) is 24.3 Å². The lowest BCUT2D eigenvalue weighted by atomic mass is 9.90. The van der Waals surface area contributed by atoms with Gasteiger partial charge in [-0.2, -0.15) is 0 Å². The van der Waals surface area contributed by atoms with Crippen LogP contribution in [0.15, 0.2) is 48.5 Å². The summed E-state index contributed by atoms with van der Waals surface area (Å²) < 4.78 is 19.7. The van der Waals surface area contributed by atoms with Crippen LogP contribution in [0.1, 0.15) is 28.8 Å². The quantitative estimate of drug-likeness (QED) is 0.912. The minimum Gasteiger partial charge on any atom is -0.478 e. The normalized spacial score (nSPS) is 16.2. The molecule has 1 N–H and O–H groups in total. The van der Waals surface area contributed by atoms with E-state index in [0.717, 1.165) is 5.56 Å². The first-order chi connectivity index (χ1) is 12.4. The van der Waals surface area contributed by atoms with Gasteiger partial charge in [0, 0.05) is 25.9 Å². The van der Waals surface area contributed by atoms with Crippen LogP contribution in [0.5, 0.6) is 5.75 Å². The minimum atomic E-state index is -1.39. The maximum atomic E-state index is 13.8. The zero-order valence-electron chi connectivity index (χ0n) is 14.4. The minimum absolute atomic E-state index is 0.00470. The number of nitrogens with zero attached hydrogens (tertiary/aromatic N) is 1. The van der Waals surface area contributed by atoms with Crippen LogP contribution in [-0.4, -0.2) is 40.6 Å². The van der Waals surface area contributed by atoms with Gasteiger partial charge in [-0.3, -0.25) is 4.79 Å². The van der Waals surface area contributed by atoms with E-state index < -0.39 is 23.3 Å². The van der Waals surface area contributed by atoms with Crippen LogP contribution < -0.4 is 4.74 Å². The number of aryl methyl sites for hydroxylation is 1. The number of amides is 1. The summed E-state index contributed by atoms with van der Waals surface area (Å²) >= 11 is 0. The second kappa shape index (κ2) is 7.15. The first-order valence-electron chi connectivity index (χ1n) is 8.44. The molecule has 2 aromatic rings. The SMILES string of the molecule is Cc1cccc(OC2(C(=O)O)CCN(C(=O)c3ccccc3F)CC2)c1. The summed E-state index contributed by atoms with van der Waals surface area (Å²) in [5.74, 6) is -1.58. The van der Waals surface area contributed by atoms with Crippen molar-refractivity contribution in [3.05, 3.63) is 65.5 Å². The van der Waals surface area contributed by atoms with Crippen molar-refractivity contribution in [2.24, 2.45) is 0 Å². The molecule has 5 nitrogen and oxygen atoms in total. The summed E-state index contributed by atoms with van der Waals surface area (Å²) in [5.41, 5.74) is -0.426. The van der Waals surface area contributed by atoms with Crippen LogP contribution >= 0.6 is 0 Å². The molecule has 2 aromatic carbocycles. The number of rotatable bonds is 4. The molecule has 0 bridgehead atoms. The molecular formula is C20H20FNO4. The van der Waals surface area contributed by atoms with Crippen LogP contribution in [0.25, 0.3) is 0 Å². The Balaban J connectivity index is 1.74. The number of carbonyl (C=O) groups excluding carboxylic acids is 1. The van der Waals surface area contributed by atoms with E-state index in [2.05, 4.69) is 0 Å². The van der Waals surface area contributed by atoms with Crippen molar-refractivity contribution >= 4 is 11.9 Å². The average Bonchev–Trinajstić information content (AvgIpc) is 2.62. The van der Waals surface area contributed by atoms with Gasteiger partial charge in [-0.05, 0) is 36.8 Å². The van der Waals surface area contributed by atoms with E-state index >= 15 is 0 Å². The number of likely N-dealkylation sites (tertiary alicyclic amines) is 1. The van der Waals surface area contributed by atoms with Crippen LogP contribution in [0, 0.1) is 12.7 Å². The fourth-order valence-electron chi connectivity index (χ4n) is 3.14. The highest BCUT2D eigenvalue weighted by atomic mass is 19.1. The van der Waals surface area contributed by atoms with Gasteiger partial charge in [0.15, 0.2) is 0 Å². The number of hydrogen-bond donors (Lipinski definition) is 1. The van der Waals surface area contributed by atoms with E-state index in [1.165, 1.54) is 23.1 Å². The van der Waals surface area contributed by atoms with E-state index in [0.29, 0.717) is 5.75 Å². The maximum Gasteiger partial charge on any atom is 0.348 e. The zero-order valence-corrected chi connectivity index (χ0v) is 14.4. The molecule has 0 spiro atoms. The number of piperidine rings is 1. The van der Waals surface area contributed by atoms with Crippen molar-refractivity contribution in [3.8, 4) is 5.75 Å². The third-order valence-electron chi connectivity index (χ3n) is 4.66. The average molecular weight is 357 g/mol. The molecule has 0 saturated carbocycles. The Morgan fingerprint density at radius 2 is 1.81 bits per heavy atom. The number of carboxylic acid groups (broad SMARTS) is 1. The number of hydrogen-bond acceptors (Lipinski definition) is 3. The van der Waals surface area contributed by atoms with Gasteiger partial charge in [-0.15, -0.1) is 0 Å². The number of ether oxygens (including phenoxy) is 1. The molecular weight excluding hydrogens is 337 g/mol. The third kappa shape index (κ3) is 3.54. The van der Waals surface area contributed by atoms with E-state index in [-0.39, 0.29) is 31.5 Å². The Hall–Kier alpha value is -2.89. The van der Waals surface area contributed by atoms with E-state index in [9.17, 15) is 19.1 Å². The molecule has 3 rings (SSSR count). The molecule has 1 aliphatic rings. The smallest absolute Gasteiger partial charge is 0.348 e. The third-order valence-corrected chi connectivity index (χ3v) is 4.66.